The van der Waals surface area contributed by atoms with Gasteiger partial charge in [-0.25, -0.2) is 4.68 Å². The van der Waals surface area contributed by atoms with E-state index in [0.717, 1.165) is 43.6 Å². The van der Waals surface area contributed by atoms with Crippen LogP contribution in [0.1, 0.15) is 32.2 Å². The lowest BCUT2D eigenvalue weighted by atomic mass is 10.4. The average molecular weight is 271 g/mol. The molecule has 0 amide bonds. The third-order valence-electron chi connectivity index (χ3n) is 2.71. The molecule has 1 heterocycles. The van der Waals surface area contributed by atoms with Crippen LogP contribution in [0.25, 0.3) is 0 Å². The zero-order valence-electron chi connectivity index (χ0n) is 10.8. The number of hydrogen-bond donors (Lipinski definition) is 1. The molecule has 18 heavy (non-hydrogen) atoms. The highest BCUT2D eigenvalue weighted by Gasteiger charge is 2.27. The maximum atomic E-state index is 5.27. The predicted octanol–water partition coefficient (Wildman–Crippen LogP) is 1.12. The second-order valence-electron chi connectivity index (χ2n) is 4.29. The maximum Gasteiger partial charge on any atom is 0.209 e. The largest absolute Gasteiger partial charge is 0.382 e. The lowest BCUT2D eigenvalue weighted by Crippen LogP contribution is -2.19. The van der Waals surface area contributed by atoms with E-state index in [0.29, 0.717) is 6.04 Å². The van der Waals surface area contributed by atoms with Crippen LogP contribution in [0.2, 0.25) is 0 Å². The zero-order valence-corrected chi connectivity index (χ0v) is 11.7. The summed E-state index contributed by atoms with van der Waals surface area (Å²) in [6.07, 6.45) is 3.50. The summed E-state index contributed by atoms with van der Waals surface area (Å²) >= 11 is 1.72. The van der Waals surface area contributed by atoms with Crippen molar-refractivity contribution in [3.63, 3.8) is 0 Å². The molecule has 0 spiro atoms. The van der Waals surface area contributed by atoms with E-state index < -0.39 is 0 Å². The number of nitrogens with one attached hydrogen (secondary N) is 1. The van der Waals surface area contributed by atoms with E-state index in [2.05, 4.69) is 20.8 Å². The van der Waals surface area contributed by atoms with Crippen LogP contribution < -0.4 is 5.32 Å². The Labute approximate surface area is 112 Å². The van der Waals surface area contributed by atoms with Crippen molar-refractivity contribution in [1.82, 2.24) is 25.5 Å². The van der Waals surface area contributed by atoms with Crippen molar-refractivity contribution in [1.29, 1.82) is 0 Å². The van der Waals surface area contributed by atoms with Crippen molar-refractivity contribution in [3.8, 4) is 0 Å². The van der Waals surface area contributed by atoms with Gasteiger partial charge in [0, 0.05) is 25.5 Å². The zero-order chi connectivity index (χ0) is 12.6. The molecule has 0 bridgehead atoms. The van der Waals surface area contributed by atoms with Gasteiger partial charge in [0.2, 0.25) is 5.16 Å². The van der Waals surface area contributed by atoms with Gasteiger partial charge in [-0.05, 0) is 43.2 Å². The molecule has 1 aliphatic carbocycles. The van der Waals surface area contributed by atoms with Gasteiger partial charge >= 0.3 is 0 Å². The van der Waals surface area contributed by atoms with Crippen LogP contribution in [-0.4, -0.2) is 52.3 Å². The molecular formula is C11H21N5OS. The summed E-state index contributed by atoms with van der Waals surface area (Å²) in [5.41, 5.74) is 0. The van der Waals surface area contributed by atoms with Crippen LogP contribution in [0.4, 0.5) is 0 Å². The molecule has 0 radical (unpaired) electrons. The highest BCUT2D eigenvalue weighted by molar-refractivity contribution is 7.99. The fourth-order valence-electron chi connectivity index (χ4n) is 1.61. The molecule has 1 aromatic heterocycles. The summed E-state index contributed by atoms with van der Waals surface area (Å²) in [4.78, 5) is 0. The van der Waals surface area contributed by atoms with E-state index >= 15 is 0 Å². The van der Waals surface area contributed by atoms with Gasteiger partial charge in [0.25, 0.3) is 0 Å². The molecule has 7 heteroatoms. The second-order valence-corrected chi connectivity index (χ2v) is 5.35. The van der Waals surface area contributed by atoms with Gasteiger partial charge in [0.05, 0.1) is 6.04 Å². The first-order valence-corrected chi connectivity index (χ1v) is 7.59. The van der Waals surface area contributed by atoms with Gasteiger partial charge in [-0.2, -0.15) is 0 Å². The molecule has 0 atom stereocenters. The van der Waals surface area contributed by atoms with Crippen LogP contribution in [0.5, 0.6) is 0 Å². The fourth-order valence-corrected chi connectivity index (χ4v) is 2.45. The minimum atomic E-state index is 0.557. The monoisotopic (exact) mass is 271 g/mol. The van der Waals surface area contributed by atoms with Gasteiger partial charge in [-0.15, -0.1) is 5.10 Å². The van der Waals surface area contributed by atoms with E-state index in [-0.39, 0.29) is 0 Å². The molecule has 0 saturated heterocycles. The number of hydrogen-bond acceptors (Lipinski definition) is 6. The number of ether oxygens (including phenoxy) is 1. The first kappa shape index (κ1) is 13.8. The van der Waals surface area contributed by atoms with E-state index in [4.69, 9.17) is 4.74 Å². The van der Waals surface area contributed by atoms with Crippen molar-refractivity contribution in [2.75, 3.05) is 32.1 Å². The van der Waals surface area contributed by atoms with Crippen molar-refractivity contribution in [3.05, 3.63) is 0 Å². The molecule has 1 aromatic rings. The van der Waals surface area contributed by atoms with Crippen LogP contribution in [0.3, 0.4) is 0 Å². The van der Waals surface area contributed by atoms with Crippen molar-refractivity contribution in [2.45, 2.75) is 37.4 Å². The summed E-state index contributed by atoms with van der Waals surface area (Å²) in [6.45, 7) is 5.66. The molecule has 1 fully saturated rings. The molecule has 1 aliphatic rings. The highest BCUT2D eigenvalue weighted by atomic mass is 32.2. The third-order valence-corrected chi connectivity index (χ3v) is 3.65. The Morgan fingerprint density at radius 2 is 2.33 bits per heavy atom. The SMILES string of the molecule is CCOCCCNCCSc1nnnn1C1CC1. The number of tetrazole rings is 1. The van der Waals surface area contributed by atoms with Gasteiger partial charge in [0.15, 0.2) is 0 Å². The quantitative estimate of drug-likeness (QED) is 0.508. The van der Waals surface area contributed by atoms with Crippen LogP contribution in [0, 0.1) is 0 Å². The minimum Gasteiger partial charge on any atom is -0.382 e. The lowest BCUT2D eigenvalue weighted by Gasteiger charge is -2.05. The molecule has 0 unspecified atom stereocenters. The van der Waals surface area contributed by atoms with Crippen molar-refractivity contribution in [2.24, 2.45) is 0 Å². The number of nitrogens with zero attached hydrogens (tertiary/aromatic N) is 4. The van der Waals surface area contributed by atoms with Gasteiger partial charge in [-0.3, -0.25) is 0 Å². The van der Waals surface area contributed by atoms with Crippen LogP contribution >= 0.6 is 11.8 Å². The summed E-state index contributed by atoms with van der Waals surface area (Å²) in [6, 6.07) is 0.557. The molecule has 6 nitrogen and oxygen atoms in total. The molecule has 2 rings (SSSR count). The molecule has 0 aromatic carbocycles. The summed E-state index contributed by atoms with van der Waals surface area (Å²) in [5, 5.41) is 16.2. The standard InChI is InChI=1S/C11H21N5OS/c1-2-17-8-3-6-12-7-9-18-11-13-14-15-16(11)10-4-5-10/h10,12H,2-9H2,1H3. The summed E-state index contributed by atoms with van der Waals surface area (Å²) in [5.74, 6) is 1.00. The first-order chi connectivity index (χ1) is 8.92. The molecule has 0 aliphatic heterocycles. The molecule has 1 N–H and O–H groups in total. The average Bonchev–Trinajstić information content (AvgIpc) is 3.12. The number of aromatic nitrogens is 4. The lowest BCUT2D eigenvalue weighted by molar-refractivity contribution is 0.145. The molecule has 102 valence electrons. The highest BCUT2D eigenvalue weighted by Crippen LogP contribution is 2.36. The van der Waals surface area contributed by atoms with Crippen molar-refractivity contribution < 1.29 is 4.74 Å². The van der Waals surface area contributed by atoms with E-state index in [1.807, 2.05) is 11.6 Å². The maximum absolute atomic E-state index is 5.27. The smallest absolute Gasteiger partial charge is 0.209 e. The number of thioether (sulfide) groups is 1. The van der Waals surface area contributed by atoms with Gasteiger partial charge < -0.3 is 10.1 Å². The Bertz CT molecular complexity index is 342. The van der Waals surface area contributed by atoms with Gasteiger partial charge in [0.1, 0.15) is 0 Å². The number of rotatable bonds is 10. The van der Waals surface area contributed by atoms with E-state index in [9.17, 15) is 0 Å². The van der Waals surface area contributed by atoms with E-state index in [1.165, 1.54) is 12.8 Å². The Hall–Kier alpha value is -0.660. The minimum absolute atomic E-state index is 0.557. The second kappa shape index (κ2) is 7.70. The predicted molar refractivity (Wildman–Crippen MR) is 70.8 cm³/mol. The van der Waals surface area contributed by atoms with Crippen LogP contribution in [0.15, 0.2) is 5.16 Å². The topological polar surface area (TPSA) is 64.9 Å². The molecule has 1 saturated carbocycles. The Kier molecular flexibility index (Phi) is 5.89. The van der Waals surface area contributed by atoms with E-state index in [1.54, 1.807) is 11.8 Å². The first-order valence-electron chi connectivity index (χ1n) is 6.61. The Morgan fingerprint density at radius 3 is 3.11 bits per heavy atom. The molecular weight excluding hydrogens is 250 g/mol. The summed E-state index contributed by atoms with van der Waals surface area (Å²) in [7, 11) is 0. The summed E-state index contributed by atoms with van der Waals surface area (Å²) < 4.78 is 7.23. The van der Waals surface area contributed by atoms with Gasteiger partial charge in [-0.1, -0.05) is 11.8 Å². The normalized spacial score (nSPS) is 15.2. The Balaban J connectivity index is 1.51. The fraction of sp³-hybridized carbons (Fsp3) is 0.909. The third kappa shape index (κ3) is 4.55. The van der Waals surface area contributed by atoms with Crippen molar-refractivity contribution >= 4 is 11.8 Å². The van der Waals surface area contributed by atoms with Crippen LogP contribution in [-0.2, 0) is 4.74 Å². The Morgan fingerprint density at radius 1 is 1.44 bits per heavy atom.